The molecule has 0 saturated carbocycles. The highest BCUT2D eigenvalue weighted by Crippen LogP contribution is 2.75. The topological polar surface area (TPSA) is 0 Å². The van der Waals surface area contributed by atoms with Crippen LogP contribution in [0, 0.1) is 0 Å². The predicted molar refractivity (Wildman–Crippen MR) is 262 cm³/mol. The van der Waals surface area contributed by atoms with E-state index in [1.165, 1.54) is 77.9 Å². The van der Waals surface area contributed by atoms with Crippen molar-refractivity contribution < 1.29 is 0 Å². The van der Waals surface area contributed by atoms with Crippen molar-refractivity contribution in [3.8, 4) is 33.4 Å². The molecule has 0 aromatic heterocycles. The van der Waals surface area contributed by atoms with Crippen LogP contribution in [0.4, 0.5) is 0 Å². The fourth-order valence-electron chi connectivity index (χ4n) is 11.6. The lowest BCUT2D eigenvalue weighted by atomic mass is 9.43. The van der Waals surface area contributed by atoms with Crippen molar-refractivity contribution in [3.05, 3.63) is 324 Å². The van der Waals surface area contributed by atoms with Gasteiger partial charge in [0.25, 0.3) is 0 Å². The van der Waals surface area contributed by atoms with Gasteiger partial charge >= 0.3 is 0 Å². The van der Waals surface area contributed by atoms with Crippen molar-refractivity contribution in [1.82, 2.24) is 0 Å². The van der Waals surface area contributed by atoms with Crippen LogP contribution in [-0.2, 0) is 16.2 Å². The van der Waals surface area contributed by atoms with Crippen LogP contribution in [0.25, 0.3) is 33.4 Å². The SMILES string of the molecule is c1ccc(-c2cc3c(c(-c4ccccc4)c2-c2ccccc2)C(c2ccccc2)(c2ccccc2)C(c2ccccc2)(c2ccccc2)C3(c2ccccc2)c2ccccc2)cc1. The molecule has 1 aliphatic rings. The van der Waals surface area contributed by atoms with Gasteiger partial charge in [0.2, 0.25) is 0 Å². The molecule has 1 aliphatic carbocycles. The van der Waals surface area contributed by atoms with E-state index >= 15 is 0 Å². The van der Waals surface area contributed by atoms with E-state index in [0.29, 0.717) is 0 Å². The Bertz CT molecular complexity index is 2970. The van der Waals surface area contributed by atoms with Crippen LogP contribution in [0.5, 0.6) is 0 Å². The summed E-state index contributed by atoms with van der Waals surface area (Å²) in [6.45, 7) is 0. The molecule has 0 heteroatoms. The zero-order valence-corrected chi connectivity index (χ0v) is 35.1. The highest BCUT2D eigenvalue weighted by Gasteiger charge is 2.74. The van der Waals surface area contributed by atoms with Gasteiger partial charge in [0.05, 0.1) is 16.2 Å². The first-order valence-corrected chi connectivity index (χ1v) is 22.0. The number of hydrogen-bond donors (Lipinski definition) is 0. The minimum Gasteiger partial charge on any atom is -0.0622 e. The van der Waals surface area contributed by atoms with Crippen molar-refractivity contribution in [3.63, 3.8) is 0 Å². The third-order valence-electron chi connectivity index (χ3n) is 13.7. The van der Waals surface area contributed by atoms with Crippen LogP contribution in [0.1, 0.15) is 44.5 Å². The fourth-order valence-corrected chi connectivity index (χ4v) is 11.6. The van der Waals surface area contributed by atoms with E-state index in [-0.39, 0.29) is 0 Å². The molecule has 0 saturated heterocycles. The molecule has 0 amide bonds. The van der Waals surface area contributed by atoms with E-state index in [0.717, 1.165) is 0 Å². The maximum absolute atomic E-state index is 2.60. The van der Waals surface area contributed by atoms with Crippen molar-refractivity contribution in [1.29, 1.82) is 0 Å². The molecule has 11 rings (SSSR count). The van der Waals surface area contributed by atoms with Gasteiger partial charge in [-0.05, 0) is 84.0 Å². The molecule has 10 aromatic rings. The van der Waals surface area contributed by atoms with E-state index < -0.39 is 16.2 Å². The van der Waals surface area contributed by atoms with Gasteiger partial charge in [-0.15, -0.1) is 0 Å². The molecule has 0 spiro atoms. The van der Waals surface area contributed by atoms with E-state index in [1.54, 1.807) is 0 Å². The Morgan fingerprint density at radius 2 is 0.492 bits per heavy atom. The second kappa shape index (κ2) is 15.9. The molecular weight excluding hydrogens is 757 g/mol. The zero-order chi connectivity index (χ0) is 42.1. The average Bonchev–Trinajstić information content (AvgIpc) is 3.63. The van der Waals surface area contributed by atoms with E-state index in [1.807, 2.05) is 0 Å². The van der Waals surface area contributed by atoms with Crippen molar-refractivity contribution in [2.24, 2.45) is 0 Å². The smallest absolute Gasteiger partial charge is 0.0613 e. The van der Waals surface area contributed by atoms with E-state index in [4.69, 9.17) is 0 Å². The van der Waals surface area contributed by atoms with E-state index in [2.05, 4.69) is 279 Å². The Hall–Kier alpha value is -7.80. The highest BCUT2D eigenvalue weighted by atomic mass is 14.7. The molecule has 298 valence electrons. The summed E-state index contributed by atoms with van der Waals surface area (Å²) < 4.78 is 0. The molecule has 10 aromatic carbocycles. The maximum Gasteiger partial charge on any atom is 0.0613 e. The van der Waals surface area contributed by atoms with Crippen LogP contribution in [-0.4, -0.2) is 0 Å². The summed E-state index contributed by atoms with van der Waals surface area (Å²) >= 11 is 0. The first-order chi connectivity index (χ1) is 31.3. The average molecular weight is 803 g/mol. The van der Waals surface area contributed by atoms with Crippen LogP contribution in [0.15, 0.2) is 279 Å². The van der Waals surface area contributed by atoms with Crippen LogP contribution >= 0.6 is 0 Å². The number of rotatable bonds is 9. The summed E-state index contributed by atoms with van der Waals surface area (Å²) in [6.07, 6.45) is 0. The lowest BCUT2D eigenvalue weighted by Gasteiger charge is -2.57. The third-order valence-corrected chi connectivity index (χ3v) is 13.7. The maximum atomic E-state index is 2.60. The van der Waals surface area contributed by atoms with Crippen molar-refractivity contribution in [2.75, 3.05) is 0 Å². The molecule has 0 radical (unpaired) electrons. The van der Waals surface area contributed by atoms with Gasteiger partial charge in [-0.3, -0.25) is 0 Å². The van der Waals surface area contributed by atoms with Gasteiger partial charge in [0.15, 0.2) is 0 Å². The molecule has 0 bridgehead atoms. The molecule has 0 unspecified atom stereocenters. The standard InChI is InChI=1S/C63H46/c1-10-28-47(29-11-1)56-46-57-60(59(49-32-14-3-15-33-49)58(56)48-30-12-2-13-31-48)62(52-38-20-6-21-39-52,53-40-22-7-23-41-53)63(54-42-24-8-25-43-54,55-44-26-9-27-45-55)61(57,50-34-16-4-17-35-50)51-36-18-5-19-37-51/h1-46H. The predicted octanol–water partition coefficient (Wildman–Crippen LogP) is 15.4. The van der Waals surface area contributed by atoms with Gasteiger partial charge < -0.3 is 0 Å². The summed E-state index contributed by atoms with van der Waals surface area (Å²) in [6, 6.07) is 105. The van der Waals surface area contributed by atoms with Crippen molar-refractivity contribution in [2.45, 2.75) is 16.2 Å². The zero-order valence-electron chi connectivity index (χ0n) is 35.1. The minimum atomic E-state index is -0.872. The Kier molecular flexibility index (Phi) is 9.63. The Morgan fingerprint density at radius 1 is 0.222 bits per heavy atom. The first kappa shape index (κ1) is 38.1. The van der Waals surface area contributed by atoms with Crippen LogP contribution in [0.2, 0.25) is 0 Å². The summed E-state index contributed by atoms with van der Waals surface area (Å²) in [5.41, 5.74) is 14.5. The van der Waals surface area contributed by atoms with Crippen molar-refractivity contribution >= 4 is 0 Å². The lowest BCUT2D eigenvalue weighted by Crippen LogP contribution is -2.59. The second-order valence-electron chi connectivity index (χ2n) is 16.6. The summed E-state index contributed by atoms with van der Waals surface area (Å²) in [5, 5.41) is 0. The quantitative estimate of drug-likeness (QED) is 0.136. The van der Waals surface area contributed by atoms with Gasteiger partial charge in [-0.1, -0.05) is 273 Å². The number of fused-ring (bicyclic) bond motifs is 1. The summed E-state index contributed by atoms with van der Waals surface area (Å²) in [7, 11) is 0. The molecular formula is C63H46. The molecule has 0 heterocycles. The monoisotopic (exact) mass is 802 g/mol. The Balaban J connectivity index is 1.56. The second-order valence-corrected chi connectivity index (χ2v) is 16.6. The third kappa shape index (κ3) is 5.61. The molecule has 0 atom stereocenters. The van der Waals surface area contributed by atoms with Crippen LogP contribution in [0.3, 0.4) is 0 Å². The van der Waals surface area contributed by atoms with Crippen LogP contribution < -0.4 is 0 Å². The van der Waals surface area contributed by atoms with Gasteiger partial charge in [0, 0.05) is 0 Å². The Morgan fingerprint density at radius 3 is 0.841 bits per heavy atom. The molecule has 63 heavy (non-hydrogen) atoms. The fraction of sp³-hybridized carbons (Fsp3) is 0.0476. The molecule has 0 nitrogen and oxygen atoms in total. The Labute approximate surface area is 371 Å². The summed E-state index contributed by atoms with van der Waals surface area (Å²) in [5.74, 6) is 0. The highest BCUT2D eigenvalue weighted by molar-refractivity contribution is 6.01. The molecule has 0 fully saturated rings. The molecule has 0 aliphatic heterocycles. The first-order valence-electron chi connectivity index (χ1n) is 22.0. The summed E-state index contributed by atoms with van der Waals surface area (Å²) in [4.78, 5) is 0. The molecule has 0 N–H and O–H groups in total. The largest absolute Gasteiger partial charge is 0.0622 e. The van der Waals surface area contributed by atoms with Gasteiger partial charge in [-0.2, -0.15) is 0 Å². The lowest BCUT2D eigenvalue weighted by molar-refractivity contribution is 0.296. The van der Waals surface area contributed by atoms with E-state index in [9.17, 15) is 0 Å². The normalized spacial score (nSPS) is 14.4. The van der Waals surface area contributed by atoms with Gasteiger partial charge in [0.1, 0.15) is 0 Å². The van der Waals surface area contributed by atoms with Gasteiger partial charge in [-0.25, -0.2) is 0 Å². The number of hydrogen-bond acceptors (Lipinski definition) is 0. The number of benzene rings is 10. The minimum absolute atomic E-state index is 0.846.